The van der Waals surface area contributed by atoms with Crippen LogP contribution in [0.5, 0.6) is 0 Å². The number of rotatable bonds is 6. The van der Waals surface area contributed by atoms with Crippen molar-refractivity contribution in [3.05, 3.63) is 36.0 Å². The van der Waals surface area contributed by atoms with Crippen LogP contribution in [0.2, 0.25) is 0 Å². The number of aromatic nitrogens is 3. The van der Waals surface area contributed by atoms with Crippen LogP contribution in [0.15, 0.2) is 24.5 Å². The van der Waals surface area contributed by atoms with E-state index in [9.17, 15) is 4.39 Å². The molecule has 2 saturated heterocycles. The smallest absolute Gasteiger partial charge is 0.149 e. The van der Waals surface area contributed by atoms with Crippen LogP contribution in [0, 0.1) is 11.2 Å². The Kier molecular flexibility index (Phi) is 5.78. The van der Waals surface area contributed by atoms with E-state index >= 15 is 0 Å². The monoisotopic (exact) mass is 467 g/mol. The van der Waals surface area contributed by atoms with Crippen LogP contribution in [0.25, 0.3) is 11.1 Å². The molecule has 0 aromatic carbocycles. The van der Waals surface area contributed by atoms with Gasteiger partial charge in [-0.1, -0.05) is 6.92 Å². The highest BCUT2D eigenvalue weighted by molar-refractivity contribution is 5.68. The molecule has 1 N–H and O–H groups in total. The number of pyridine rings is 1. The minimum absolute atomic E-state index is 0.0480. The second-order valence-electron chi connectivity index (χ2n) is 11.1. The van der Waals surface area contributed by atoms with E-state index in [1.54, 1.807) is 12.3 Å². The summed E-state index contributed by atoms with van der Waals surface area (Å²) in [7, 11) is 0. The molecule has 2 aliphatic carbocycles. The van der Waals surface area contributed by atoms with Gasteiger partial charge >= 0.3 is 0 Å². The van der Waals surface area contributed by atoms with Crippen LogP contribution in [0.3, 0.4) is 0 Å². The molecular weight excluding hydrogens is 433 g/mol. The van der Waals surface area contributed by atoms with Gasteiger partial charge in [0.2, 0.25) is 0 Å². The van der Waals surface area contributed by atoms with Crippen molar-refractivity contribution in [2.45, 2.75) is 63.0 Å². The molecule has 2 aromatic heterocycles. The van der Waals surface area contributed by atoms with Crippen LogP contribution in [-0.2, 0) is 9.47 Å². The summed E-state index contributed by atoms with van der Waals surface area (Å²) in [5, 5.41) is 12.1. The molecule has 0 bridgehead atoms. The number of likely N-dealkylation sites (tertiary alicyclic amines) is 1. The van der Waals surface area contributed by atoms with Gasteiger partial charge in [-0.3, -0.25) is 9.88 Å². The van der Waals surface area contributed by atoms with E-state index in [0.717, 1.165) is 87.8 Å². The highest BCUT2D eigenvalue weighted by Gasteiger charge is 2.48. The van der Waals surface area contributed by atoms with Gasteiger partial charge in [0.15, 0.2) is 0 Å². The van der Waals surface area contributed by atoms with Crippen LogP contribution in [0.1, 0.15) is 57.1 Å². The molecule has 0 amide bonds. The maximum absolute atomic E-state index is 14.0. The molecule has 0 radical (unpaired) electrons. The molecule has 0 unspecified atom stereocenters. The molecule has 2 saturated carbocycles. The number of hydrogen-bond acceptors (Lipinski definition) is 7. The zero-order chi connectivity index (χ0) is 23.2. The molecule has 2 aromatic rings. The van der Waals surface area contributed by atoms with Gasteiger partial charge < -0.3 is 14.8 Å². The summed E-state index contributed by atoms with van der Waals surface area (Å²) in [4.78, 5) is 6.91. The number of nitrogens with one attached hydrogen (secondary N) is 1. The third-order valence-corrected chi connectivity index (χ3v) is 7.99. The topological polar surface area (TPSA) is 72.4 Å². The predicted octanol–water partition coefficient (Wildman–Crippen LogP) is 4.02. The maximum atomic E-state index is 14.0. The van der Waals surface area contributed by atoms with Gasteiger partial charge in [-0.25, -0.2) is 4.39 Å². The average Bonchev–Trinajstić information content (AvgIpc) is 3.66. The molecule has 1 spiro atoms. The second kappa shape index (κ2) is 8.81. The molecule has 4 heterocycles. The quantitative estimate of drug-likeness (QED) is 0.688. The second-order valence-corrected chi connectivity index (χ2v) is 11.1. The lowest BCUT2D eigenvalue weighted by Gasteiger charge is -2.54. The zero-order valence-corrected chi connectivity index (χ0v) is 19.9. The first-order valence-electron chi connectivity index (χ1n) is 12.7. The SMILES string of the molecule is CC1(CN2CC3(COCCO3)C2)CCC(Nc2cc(-c3cc(F)cnc3C3CC3)cnn2)CC1. The van der Waals surface area contributed by atoms with E-state index in [4.69, 9.17) is 9.47 Å². The third-order valence-electron chi connectivity index (χ3n) is 7.99. The Morgan fingerprint density at radius 2 is 1.94 bits per heavy atom. The van der Waals surface area contributed by atoms with Crippen molar-refractivity contribution in [2.75, 3.05) is 44.8 Å². The molecule has 6 rings (SSSR count). The molecule has 2 aliphatic heterocycles. The molecular formula is C26H34FN5O2. The predicted molar refractivity (Wildman–Crippen MR) is 127 cm³/mol. The first-order valence-corrected chi connectivity index (χ1v) is 12.7. The van der Waals surface area contributed by atoms with E-state index in [1.165, 1.54) is 19.0 Å². The van der Waals surface area contributed by atoms with Crippen molar-refractivity contribution in [1.82, 2.24) is 20.1 Å². The van der Waals surface area contributed by atoms with Gasteiger partial charge in [-0.05, 0) is 56.1 Å². The minimum atomic E-state index is -0.312. The fourth-order valence-corrected chi connectivity index (χ4v) is 5.99. The number of halogens is 1. The largest absolute Gasteiger partial charge is 0.376 e. The average molecular weight is 468 g/mol. The van der Waals surface area contributed by atoms with E-state index in [0.29, 0.717) is 17.4 Å². The maximum Gasteiger partial charge on any atom is 0.149 e. The molecule has 0 atom stereocenters. The van der Waals surface area contributed by atoms with Gasteiger partial charge in [-0.15, -0.1) is 5.10 Å². The van der Waals surface area contributed by atoms with Crippen molar-refractivity contribution in [1.29, 1.82) is 0 Å². The standard InChI is InChI=1S/C26H34FN5O2/c1-25(14-32-15-26(16-32)17-33-8-9-34-26)6-4-21(5-7-25)30-23-10-19(12-29-31-23)22-11-20(27)13-28-24(22)18-2-3-18/h10-13,18,21H,2-9,14-17H2,1H3,(H,30,31). The number of anilines is 1. The Morgan fingerprint density at radius 1 is 1.12 bits per heavy atom. The lowest BCUT2D eigenvalue weighted by molar-refractivity contribution is -0.221. The van der Waals surface area contributed by atoms with Gasteiger partial charge in [0, 0.05) is 42.7 Å². The lowest BCUT2D eigenvalue weighted by atomic mass is 9.72. The summed E-state index contributed by atoms with van der Waals surface area (Å²) >= 11 is 0. The highest BCUT2D eigenvalue weighted by Crippen LogP contribution is 2.44. The molecule has 7 nitrogen and oxygen atoms in total. The lowest BCUT2D eigenvalue weighted by Crippen LogP contribution is -2.68. The Hall–Kier alpha value is -2.16. The van der Waals surface area contributed by atoms with Gasteiger partial charge in [0.05, 0.1) is 37.9 Å². The third kappa shape index (κ3) is 4.68. The van der Waals surface area contributed by atoms with E-state index < -0.39 is 0 Å². The molecule has 8 heteroatoms. The summed E-state index contributed by atoms with van der Waals surface area (Å²) in [5.74, 6) is 0.888. The fourth-order valence-electron chi connectivity index (χ4n) is 5.99. The van der Waals surface area contributed by atoms with Crippen LogP contribution in [0.4, 0.5) is 10.2 Å². The number of nitrogens with zero attached hydrogens (tertiary/aromatic N) is 4. The van der Waals surface area contributed by atoms with Gasteiger partial charge in [0.25, 0.3) is 0 Å². The first kappa shape index (κ1) is 22.3. The van der Waals surface area contributed by atoms with Crippen LogP contribution in [-0.4, -0.2) is 71.2 Å². The molecule has 4 aliphatic rings. The minimum Gasteiger partial charge on any atom is -0.376 e. The Morgan fingerprint density at radius 3 is 2.68 bits per heavy atom. The number of hydrogen-bond donors (Lipinski definition) is 1. The summed E-state index contributed by atoms with van der Waals surface area (Å²) in [5.41, 5.74) is 2.99. The van der Waals surface area contributed by atoms with E-state index in [1.807, 2.05) is 6.07 Å². The van der Waals surface area contributed by atoms with Crippen molar-refractivity contribution >= 4 is 5.82 Å². The summed E-state index contributed by atoms with van der Waals surface area (Å²) in [6.45, 7) is 7.71. The number of ether oxygens (including phenoxy) is 2. The van der Waals surface area contributed by atoms with Crippen LogP contribution >= 0.6 is 0 Å². The van der Waals surface area contributed by atoms with Crippen molar-refractivity contribution in [3.63, 3.8) is 0 Å². The summed E-state index contributed by atoms with van der Waals surface area (Å²) in [6, 6.07) is 3.95. The van der Waals surface area contributed by atoms with E-state index in [2.05, 4.69) is 32.3 Å². The molecule has 182 valence electrons. The molecule has 4 fully saturated rings. The Labute approximate surface area is 200 Å². The Bertz CT molecular complexity index is 1020. The normalized spacial score (nSPS) is 29.1. The van der Waals surface area contributed by atoms with Crippen molar-refractivity contribution < 1.29 is 13.9 Å². The summed E-state index contributed by atoms with van der Waals surface area (Å²) in [6.07, 6.45) is 9.85. The Balaban J connectivity index is 1.05. The fraction of sp³-hybridized carbons (Fsp3) is 0.654. The first-order chi connectivity index (χ1) is 16.5. The summed E-state index contributed by atoms with van der Waals surface area (Å²) < 4.78 is 25.6. The van der Waals surface area contributed by atoms with Gasteiger partial charge in [-0.2, -0.15) is 5.10 Å². The van der Waals surface area contributed by atoms with Crippen LogP contribution < -0.4 is 5.32 Å². The van der Waals surface area contributed by atoms with Crippen molar-refractivity contribution in [3.8, 4) is 11.1 Å². The zero-order valence-electron chi connectivity index (χ0n) is 19.9. The van der Waals surface area contributed by atoms with Crippen molar-refractivity contribution in [2.24, 2.45) is 5.41 Å². The van der Waals surface area contributed by atoms with E-state index in [-0.39, 0.29) is 11.4 Å². The highest BCUT2D eigenvalue weighted by atomic mass is 19.1. The van der Waals surface area contributed by atoms with Gasteiger partial charge in [0.1, 0.15) is 17.2 Å². The molecule has 34 heavy (non-hydrogen) atoms.